The van der Waals surface area contributed by atoms with Crippen LogP contribution in [0.1, 0.15) is 45.2 Å². The van der Waals surface area contributed by atoms with Crippen LogP contribution in [0.4, 0.5) is 0 Å². The van der Waals surface area contributed by atoms with Crippen LogP contribution in [0, 0.1) is 12.8 Å². The summed E-state index contributed by atoms with van der Waals surface area (Å²) in [4.78, 5) is 1.43. The lowest BCUT2D eigenvalue weighted by Gasteiger charge is -2.12. The average molecular weight is 265 g/mol. The van der Waals surface area contributed by atoms with Gasteiger partial charge < -0.3 is 5.32 Å². The molecule has 0 fully saturated rings. The molecule has 1 aromatic carbocycles. The molecule has 102 valence electrons. The Kier molecular flexibility index (Phi) is 6.80. The number of rotatable bonds is 7. The van der Waals surface area contributed by atoms with Gasteiger partial charge in [0.1, 0.15) is 0 Å². The summed E-state index contributed by atoms with van der Waals surface area (Å²) in [7, 11) is 0. The van der Waals surface area contributed by atoms with Crippen molar-refractivity contribution in [2.75, 3.05) is 5.75 Å². The lowest BCUT2D eigenvalue weighted by molar-refractivity contribution is 0.588. The highest BCUT2D eigenvalue weighted by Crippen LogP contribution is 2.26. The van der Waals surface area contributed by atoms with E-state index < -0.39 is 0 Å². The number of benzene rings is 1. The Hall–Kier alpha value is -0.470. The maximum absolute atomic E-state index is 3.46. The van der Waals surface area contributed by atoms with Gasteiger partial charge in [-0.2, -0.15) is 0 Å². The first-order valence-electron chi connectivity index (χ1n) is 6.98. The van der Waals surface area contributed by atoms with E-state index in [0.29, 0.717) is 6.04 Å². The van der Waals surface area contributed by atoms with Crippen LogP contribution < -0.4 is 5.32 Å². The fourth-order valence-electron chi connectivity index (χ4n) is 1.66. The van der Waals surface area contributed by atoms with E-state index in [1.165, 1.54) is 28.2 Å². The van der Waals surface area contributed by atoms with Crippen LogP contribution in [-0.4, -0.2) is 11.8 Å². The number of thioether (sulfide) groups is 1. The quantitative estimate of drug-likeness (QED) is 0.721. The third kappa shape index (κ3) is 5.45. The molecule has 0 aliphatic heterocycles. The summed E-state index contributed by atoms with van der Waals surface area (Å²) in [6.07, 6.45) is 1.27. The average Bonchev–Trinajstić information content (AvgIpc) is 2.34. The molecular weight excluding hydrogens is 238 g/mol. The Morgan fingerprint density at radius 2 is 1.94 bits per heavy atom. The van der Waals surface area contributed by atoms with Gasteiger partial charge in [-0.25, -0.2) is 0 Å². The normalized spacial score (nSPS) is 13.0. The fraction of sp³-hybridized carbons (Fsp3) is 0.625. The zero-order chi connectivity index (χ0) is 13.5. The summed E-state index contributed by atoms with van der Waals surface area (Å²) in [6.45, 7) is 12.1. The van der Waals surface area contributed by atoms with Gasteiger partial charge >= 0.3 is 0 Å². The lowest BCUT2D eigenvalue weighted by Crippen LogP contribution is -2.21. The molecule has 1 atom stereocenters. The molecule has 1 N–H and O–H groups in total. The summed E-state index contributed by atoms with van der Waals surface area (Å²) in [5.41, 5.74) is 2.79. The fourth-order valence-corrected chi connectivity index (χ4v) is 2.81. The Balaban J connectivity index is 2.56. The van der Waals surface area contributed by atoms with E-state index in [1.54, 1.807) is 0 Å². The van der Waals surface area contributed by atoms with Crippen molar-refractivity contribution in [2.24, 2.45) is 5.92 Å². The van der Waals surface area contributed by atoms with E-state index in [-0.39, 0.29) is 0 Å². The summed E-state index contributed by atoms with van der Waals surface area (Å²) >= 11 is 1.99. The maximum atomic E-state index is 3.46. The van der Waals surface area contributed by atoms with Crippen LogP contribution in [0.25, 0.3) is 0 Å². The molecule has 1 unspecified atom stereocenters. The molecule has 0 radical (unpaired) electrons. The van der Waals surface area contributed by atoms with Gasteiger partial charge in [0.2, 0.25) is 0 Å². The summed E-state index contributed by atoms with van der Waals surface area (Å²) in [6, 6.07) is 7.39. The molecule has 0 heterocycles. The highest BCUT2D eigenvalue weighted by molar-refractivity contribution is 7.99. The van der Waals surface area contributed by atoms with Gasteiger partial charge in [0, 0.05) is 23.2 Å². The summed E-state index contributed by atoms with van der Waals surface area (Å²) in [5, 5.41) is 3.46. The van der Waals surface area contributed by atoms with Crippen molar-refractivity contribution >= 4 is 11.8 Å². The lowest BCUT2D eigenvalue weighted by atomic mass is 10.1. The minimum Gasteiger partial charge on any atom is -0.310 e. The Bertz CT molecular complexity index is 360. The zero-order valence-corrected chi connectivity index (χ0v) is 13.2. The summed E-state index contributed by atoms with van der Waals surface area (Å²) in [5.74, 6) is 2.03. The van der Waals surface area contributed by atoms with E-state index in [2.05, 4.69) is 58.1 Å². The van der Waals surface area contributed by atoms with E-state index in [4.69, 9.17) is 0 Å². The SMILES string of the molecule is CCC(C)CSc1ccc(CNC(C)C)cc1C. The smallest absolute Gasteiger partial charge is 0.0207 e. The molecule has 0 bridgehead atoms. The predicted octanol–water partition coefficient (Wildman–Crippen LogP) is 4.63. The number of nitrogens with one attached hydrogen (secondary N) is 1. The second-order valence-corrected chi connectivity index (χ2v) is 6.52. The van der Waals surface area contributed by atoms with E-state index in [0.717, 1.165) is 12.5 Å². The van der Waals surface area contributed by atoms with Crippen molar-refractivity contribution in [1.82, 2.24) is 5.32 Å². The second-order valence-electron chi connectivity index (χ2n) is 5.46. The van der Waals surface area contributed by atoms with Crippen molar-refractivity contribution in [3.8, 4) is 0 Å². The minimum atomic E-state index is 0.546. The van der Waals surface area contributed by atoms with E-state index >= 15 is 0 Å². The van der Waals surface area contributed by atoms with Crippen molar-refractivity contribution < 1.29 is 0 Å². The molecule has 1 rings (SSSR count). The van der Waals surface area contributed by atoms with Gasteiger partial charge in [-0.05, 0) is 30.0 Å². The third-order valence-corrected chi connectivity index (χ3v) is 4.68. The molecule has 0 aliphatic rings. The van der Waals surface area contributed by atoms with Crippen LogP contribution in [0.2, 0.25) is 0 Å². The molecule has 0 aromatic heterocycles. The monoisotopic (exact) mass is 265 g/mol. The summed E-state index contributed by atoms with van der Waals surface area (Å²) < 4.78 is 0. The van der Waals surface area contributed by atoms with Gasteiger partial charge in [0.05, 0.1) is 0 Å². The first-order valence-corrected chi connectivity index (χ1v) is 7.97. The van der Waals surface area contributed by atoms with Gasteiger partial charge in [0.25, 0.3) is 0 Å². The van der Waals surface area contributed by atoms with Gasteiger partial charge in [-0.3, -0.25) is 0 Å². The molecule has 1 aromatic rings. The molecule has 1 nitrogen and oxygen atoms in total. The van der Waals surface area contributed by atoms with Crippen LogP contribution in [0.15, 0.2) is 23.1 Å². The number of aryl methyl sites for hydroxylation is 1. The van der Waals surface area contributed by atoms with Crippen LogP contribution in [0.3, 0.4) is 0 Å². The topological polar surface area (TPSA) is 12.0 Å². The van der Waals surface area contributed by atoms with Crippen molar-refractivity contribution in [1.29, 1.82) is 0 Å². The van der Waals surface area contributed by atoms with E-state index in [1.807, 2.05) is 11.8 Å². The first-order chi connectivity index (χ1) is 8.52. The zero-order valence-electron chi connectivity index (χ0n) is 12.4. The third-order valence-electron chi connectivity index (χ3n) is 3.17. The molecule has 0 spiro atoms. The van der Waals surface area contributed by atoms with Crippen molar-refractivity contribution in [3.63, 3.8) is 0 Å². The first kappa shape index (κ1) is 15.6. The Labute approximate surface area is 117 Å². The molecule has 2 heteroatoms. The van der Waals surface area contributed by atoms with Crippen LogP contribution >= 0.6 is 11.8 Å². The molecule has 0 saturated heterocycles. The Morgan fingerprint density at radius 1 is 1.22 bits per heavy atom. The largest absolute Gasteiger partial charge is 0.310 e. The molecule has 18 heavy (non-hydrogen) atoms. The van der Waals surface area contributed by atoms with Crippen molar-refractivity contribution in [2.45, 2.75) is 58.5 Å². The maximum Gasteiger partial charge on any atom is 0.0207 e. The highest BCUT2D eigenvalue weighted by atomic mass is 32.2. The highest BCUT2D eigenvalue weighted by Gasteiger charge is 2.04. The molecular formula is C16H27NS. The molecule has 0 saturated carbocycles. The Morgan fingerprint density at radius 3 is 2.50 bits per heavy atom. The minimum absolute atomic E-state index is 0.546. The predicted molar refractivity (Wildman–Crippen MR) is 83.3 cm³/mol. The van der Waals surface area contributed by atoms with Crippen LogP contribution in [0.5, 0.6) is 0 Å². The van der Waals surface area contributed by atoms with E-state index in [9.17, 15) is 0 Å². The molecule has 0 amide bonds. The van der Waals surface area contributed by atoms with Gasteiger partial charge in [-0.15, -0.1) is 11.8 Å². The van der Waals surface area contributed by atoms with Gasteiger partial charge in [-0.1, -0.05) is 46.2 Å². The van der Waals surface area contributed by atoms with Crippen LogP contribution in [-0.2, 0) is 6.54 Å². The van der Waals surface area contributed by atoms with Gasteiger partial charge in [0.15, 0.2) is 0 Å². The second kappa shape index (κ2) is 7.85. The number of hydrogen-bond acceptors (Lipinski definition) is 2. The number of hydrogen-bond donors (Lipinski definition) is 1. The van der Waals surface area contributed by atoms with Crippen molar-refractivity contribution in [3.05, 3.63) is 29.3 Å². The molecule has 0 aliphatic carbocycles. The standard InChI is InChI=1S/C16H27NS/c1-6-13(4)11-18-16-8-7-15(9-14(16)5)10-17-12(2)3/h7-9,12-13,17H,6,10-11H2,1-5H3.